The predicted octanol–water partition coefficient (Wildman–Crippen LogP) is 3.17. The van der Waals surface area contributed by atoms with E-state index in [4.69, 9.17) is 0 Å². The molecule has 0 aliphatic heterocycles. The highest BCUT2D eigenvalue weighted by Gasteiger charge is 2.16. The third-order valence-corrected chi connectivity index (χ3v) is 4.90. The van der Waals surface area contributed by atoms with Crippen LogP contribution < -0.4 is 10.6 Å². The number of anilines is 2. The molecule has 0 saturated carbocycles. The molecule has 9 heteroatoms. The summed E-state index contributed by atoms with van der Waals surface area (Å²) in [7, 11) is 1.67. The molecule has 0 radical (unpaired) electrons. The van der Waals surface area contributed by atoms with E-state index in [-0.39, 0.29) is 17.5 Å². The molecule has 0 bridgehead atoms. The second-order valence-electron chi connectivity index (χ2n) is 5.94. The van der Waals surface area contributed by atoms with E-state index >= 15 is 0 Å². The standard InChI is InChI=1S/C19H16N6O2S/c1-24-17(22-19(27)16-3-2-10-28-16)11-15(23-24)18(26)21-13-4-6-14(7-5-13)25-9-8-20-12-25/h2-12H,1H3,(H,21,26)(H,22,27). The van der Waals surface area contributed by atoms with Crippen molar-refractivity contribution in [2.75, 3.05) is 10.6 Å². The summed E-state index contributed by atoms with van der Waals surface area (Å²) in [5.41, 5.74) is 1.79. The molecule has 0 spiro atoms. The first-order valence-electron chi connectivity index (χ1n) is 8.39. The van der Waals surface area contributed by atoms with Crippen molar-refractivity contribution in [2.24, 2.45) is 7.05 Å². The van der Waals surface area contributed by atoms with Crippen molar-refractivity contribution >= 4 is 34.7 Å². The molecule has 0 atom stereocenters. The second-order valence-corrected chi connectivity index (χ2v) is 6.89. The summed E-state index contributed by atoms with van der Waals surface area (Å²) < 4.78 is 3.33. The van der Waals surface area contributed by atoms with Crippen LogP contribution in [0.1, 0.15) is 20.2 Å². The zero-order valence-corrected chi connectivity index (χ0v) is 15.7. The van der Waals surface area contributed by atoms with Crippen molar-refractivity contribution < 1.29 is 9.59 Å². The van der Waals surface area contributed by atoms with Gasteiger partial charge in [-0.25, -0.2) is 4.98 Å². The number of imidazole rings is 1. The van der Waals surface area contributed by atoms with Crippen LogP contribution in [0.5, 0.6) is 0 Å². The number of nitrogens with one attached hydrogen (secondary N) is 2. The van der Waals surface area contributed by atoms with Crippen molar-refractivity contribution in [1.29, 1.82) is 0 Å². The average molecular weight is 392 g/mol. The van der Waals surface area contributed by atoms with Gasteiger partial charge in [-0.2, -0.15) is 5.10 Å². The van der Waals surface area contributed by atoms with Gasteiger partial charge in [-0.3, -0.25) is 14.3 Å². The highest BCUT2D eigenvalue weighted by atomic mass is 32.1. The van der Waals surface area contributed by atoms with Gasteiger partial charge in [-0.15, -0.1) is 11.3 Å². The Morgan fingerprint density at radius 2 is 1.89 bits per heavy atom. The Bertz CT molecular complexity index is 1100. The van der Waals surface area contributed by atoms with E-state index < -0.39 is 0 Å². The number of benzene rings is 1. The van der Waals surface area contributed by atoms with Gasteiger partial charge in [-0.1, -0.05) is 6.07 Å². The lowest BCUT2D eigenvalue weighted by Crippen LogP contribution is -2.13. The number of aryl methyl sites for hydroxylation is 1. The fourth-order valence-corrected chi connectivity index (χ4v) is 3.22. The number of hydrogen-bond acceptors (Lipinski definition) is 5. The van der Waals surface area contributed by atoms with Crippen molar-refractivity contribution in [2.45, 2.75) is 0 Å². The van der Waals surface area contributed by atoms with Crippen LogP contribution in [-0.4, -0.2) is 31.1 Å². The Morgan fingerprint density at radius 1 is 1.07 bits per heavy atom. The molecule has 28 heavy (non-hydrogen) atoms. The molecule has 0 fully saturated rings. The number of nitrogens with zero attached hydrogens (tertiary/aromatic N) is 4. The molecule has 0 unspecified atom stereocenters. The minimum atomic E-state index is -0.359. The molecule has 2 amide bonds. The van der Waals surface area contributed by atoms with E-state index in [0.717, 1.165) is 5.69 Å². The van der Waals surface area contributed by atoms with Crippen LogP contribution in [0.2, 0.25) is 0 Å². The van der Waals surface area contributed by atoms with Gasteiger partial charge in [0, 0.05) is 36.9 Å². The lowest BCUT2D eigenvalue weighted by atomic mass is 10.2. The first-order chi connectivity index (χ1) is 13.6. The SMILES string of the molecule is Cn1nc(C(=O)Nc2ccc(-n3ccnc3)cc2)cc1NC(=O)c1cccs1. The first kappa shape index (κ1) is 17.7. The van der Waals surface area contributed by atoms with Crippen LogP contribution in [-0.2, 0) is 7.05 Å². The smallest absolute Gasteiger partial charge is 0.276 e. The lowest BCUT2D eigenvalue weighted by molar-refractivity contribution is 0.101. The van der Waals surface area contributed by atoms with Crippen LogP contribution in [0, 0.1) is 0 Å². The largest absolute Gasteiger partial charge is 0.321 e. The lowest BCUT2D eigenvalue weighted by Gasteiger charge is -2.05. The third-order valence-electron chi connectivity index (χ3n) is 4.03. The van der Waals surface area contributed by atoms with E-state index in [1.807, 2.05) is 28.3 Å². The van der Waals surface area contributed by atoms with Gasteiger partial charge >= 0.3 is 0 Å². The van der Waals surface area contributed by atoms with E-state index in [9.17, 15) is 9.59 Å². The van der Waals surface area contributed by atoms with E-state index in [2.05, 4.69) is 20.7 Å². The number of carbonyl (C=O) groups is 2. The van der Waals surface area contributed by atoms with Crippen molar-refractivity contribution in [3.63, 3.8) is 0 Å². The molecule has 2 N–H and O–H groups in total. The molecule has 3 aromatic heterocycles. The van der Waals surface area contributed by atoms with E-state index in [1.54, 1.807) is 49.9 Å². The normalized spacial score (nSPS) is 10.6. The quantitative estimate of drug-likeness (QED) is 0.545. The molecule has 4 rings (SSSR count). The van der Waals surface area contributed by atoms with Crippen molar-refractivity contribution in [3.05, 3.63) is 77.1 Å². The monoisotopic (exact) mass is 392 g/mol. The Balaban J connectivity index is 1.44. The van der Waals surface area contributed by atoms with Gasteiger partial charge in [0.05, 0.1) is 11.2 Å². The van der Waals surface area contributed by atoms with Gasteiger partial charge in [0.15, 0.2) is 5.69 Å². The van der Waals surface area contributed by atoms with Crippen LogP contribution >= 0.6 is 11.3 Å². The number of carbonyl (C=O) groups excluding carboxylic acids is 2. The number of thiophene rings is 1. The number of rotatable bonds is 5. The number of amides is 2. The van der Waals surface area contributed by atoms with Crippen molar-refractivity contribution in [3.8, 4) is 5.69 Å². The van der Waals surface area contributed by atoms with Gasteiger partial charge in [0.1, 0.15) is 5.82 Å². The Morgan fingerprint density at radius 3 is 2.57 bits per heavy atom. The molecule has 0 aliphatic rings. The molecular formula is C19H16N6O2S. The molecule has 1 aromatic carbocycles. The van der Waals surface area contributed by atoms with Gasteiger partial charge in [0.2, 0.25) is 0 Å². The van der Waals surface area contributed by atoms with Crippen molar-refractivity contribution in [1.82, 2.24) is 19.3 Å². The fourth-order valence-electron chi connectivity index (χ4n) is 2.60. The molecule has 8 nitrogen and oxygen atoms in total. The summed E-state index contributed by atoms with van der Waals surface area (Å²) in [6.07, 6.45) is 5.24. The third kappa shape index (κ3) is 3.69. The summed E-state index contributed by atoms with van der Waals surface area (Å²) in [6, 6.07) is 12.4. The number of hydrogen-bond donors (Lipinski definition) is 2. The minimum Gasteiger partial charge on any atom is -0.321 e. The summed E-state index contributed by atoms with van der Waals surface area (Å²) in [5, 5.41) is 11.6. The second kappa shape index (κ2) is 7.49. The summed E-state index contributed by atoms with van der Waals surface area (Å²) in [5.74, 6) is -0.151. The summed E-state index contributed by atoms with van der Waals surface area (Å²) in [6.45, 7) is 0. The minimum absolute atomic E-state index is 0.211. The van der Waals surface area contributed by atoms with E-state index in [0.29, 0.717) is 16.4 Å². The summed E-state index contributed by atoms with van der Waals surface area (Å²) in [4.78, 5) is 29.3. The Hall–Kier alpha value is -3.72. The predicted molar refractivity (Wildman–Crippen MR) is 107 cm³/mol. The summed E-state index contributed by atoms with van der Waals surface area (Å²) >= 11 is 1.34. The van der Waals surface area contributed by atoms with Crippen LogP contribution in [0.15, 0.2) is 66.6 Å². The Kier molecular flexibility index (Phi) is 4.73. The van der Waals surface area contributed by atoms with Crippen LogP contribution in [0.4, 0.5) is 11.5 Å². The maximum absolute atomic E-state index is 12.5. The van der Waals surface area contributed by atoms with Gasteiger partial charge < -0.3 is 15.2 Å². The maximum Gasteiger partial charge on any atom is 0.276 e. The highest BCUT2D eigenvalue weighted by Crippen LogP contribution is 2.17. The average Bonchev–Trinajstić information content (AvgIpc) is 3.45. The van der Waals surface area contributed by atoms with Gasteiger partial charge in [-0.05, 0) is 35.7 Å². The topological polar surface area (TPSA) is 93.8 Å². The van der Waals surface area contributed by atoms with Crippen LogP contribution in [0.3, 0.4) is 0 Å². The molecule has 0 saturated heterocycles. The van der Waals surface area contributed by atoms with Crippen LogP contribution in [0.25, 0.3) is 5.69 Å². The van der Waals surface area contributed by atoms with E-state index in [1.165, 1.54) is 16.0 Å². The first-order valence-corrected chi connectivity index (χ1v) is 9.27. The molecule has 3 heterocycles. The molecule has 140 valence electrons. The molecular weight excluding hydrogens is 376 g/mol. The fraction of sp³-hybridized carbons (Fsp3) is 0.0526. The number of aromatic nitrogens is 4. The molecule has 0 aliphatic carbocycles. The maximum atomic E-state index is 12.5. The van der Waals surface area contributed by atoms with Gasteiger partial charge in [0.25, 0.3) is 11.8 Å². The Labute approximate surface area is 164 Å². The highest BCUT2D eigenvalue weighted by molar-refractivity contribution is 7.12. The zero-order chi connectivity index (χ0) is 19.5. The zero-order valence-electron chi connectivity index (χ0n) is 14.9. The molecule has 4 aromatic rings.